The van der Waals surface area contributed by atoms with Gasteiger partial charge in [0.25, 0.3) is 5.91 Å². The van der Waals surface area contributed by atoms with Crippen LogP contribution in [-0.2, 0) is 14.3 Å². The summed E-state index contributed by atoms with van der Waals surface area (Å²) in [6.07, 6.45) is -0.735. The molecule has 2 aromatic rings. The van der Waals surface area contributed by atoms with Crippen molar-refractivity contribution in [1.82, 2.24) is 5.43 Å². The Morgan fingerprint density at radius 1 is 1.19 bits per heavy atom. The Morgan fingerprint density at radius 2 is 1.89 bits per heavy atom. The molecule has 1 atom stereocenters. The molecule has 2 aromatic carbocycles. The number of carbonyl (C=O) groups excluding carboxylic acids is 2. The van der Waals surface area contributed by atoms with E-state index in [1.807, 2.05) is 31.2 Å². The average molecular weight is 388 g/mol. The lowest BCUT2D eigenvalue weighted by Gasteiger charge is -2.14. The first kappa shape index (κ1) is 20.6. The van der Waals surface area contributed by atoms with E-state index in [-0.39, 0.29) is 12.3 Å². The number of hydrogen-bond acceptors (Lipinski definition) is 4. The SMILES string of the molecule is CO[C@@H](C(=O)N/N=C(/C)CC(=O)Nc1ccc(C)c(Cl)c1)c1ccccc1. The first-order chi connectivity index (χ1) is 12.9. The summed E-state index contributed by atoms with van der Waals surface area (Å²) in [6, 6.07) is 14.4. The fourth-order valence-corrected chi connectivity index (χ4v) is 2.56. The zero-order valence-electron chi connectivity index (χ0n) is 15.5. The third kappa shape index (κ3) is 6.20. The fraction of sp³-hybridized carbons (Fsp3) is 0.250. The highest BCUT2D eigenvalue weighted by atomic mass is 35.5. The number of hydrazone groups is 1. The Bertz CT molecular complexity index is 838. The van der Waals surface area contributed by atoms with Crippen molar-refractivity contribution < 1.29 is 14.3 Å². The van der Waals surface area contributed by atoms with Gasteiger partial charge in [-0.25, -0.2) is 5.43 Å². The van der Waals surface area contributed by atoms with Crippen molar-refractivity contribution in [2.75, 3.05) is 12.4 Å². The van der Waals surface area contributed by atoms with Crippen molar-refractivity contribution in [1.29, 1.82) is 0 Å². The topological polar surface area (TPSA) is 79.8 Å². The summed E-state index contributed by atoms with van der Waals surface area (Å²) in [5.41, 5.74) is 5.16. The molecule has 0 bridgehead atoms. The summed E-state index contributed by atoms with van der Waals surface area (Å²) in [7, 11) is 1.45. The molecule has 2 rings (SSSR count). The Morgan fingerprint density at radius 3 is 2.52 bits per heavy atom. The standard InChI is InChI=1S/C20H22ClN3O3/c1-13-9-10-16(12-17(13)21)22-18(25)11-14(2)23-24-20(26)19(27-3)15-7-5-4-6-8-15/h4-10,12,19H,11H2,1-3H3,(H,22,25)(H,24,26)/b23-14-/t19-/m1/s1. The number of amides is 2. The monoisotopic (exact) mass is 387 g/mol. The van der Waals surface area contributed by atoms with Crippen LogP contribution in [0.3, 0.4) is 0 Å². The van der Waals surface area contributed by atoms with Crippen molar-refractivity contribution in [3.63, 3.8) is 0 Å². The lowest BCUT2D eigenvalue weighted by atomic mass is 10.1. The van der Waals surface area contributed by atoms with Crippen LogP contribution in [0.5, 0.6) is 0 Å². The van der Waals surface area contributed by atoms with Crippen molar-refractivity contribution in [2.45, 2.75) is 26.4 Å². The van der Waals surface area contributed by atoms with E-state index in [2.05, 4.69) is 15.8 Å². The molecule has 0 aromatic heterocycles. The molecule has 0 saturated heterocycles. The maximum Gasteiger partial charge on any atom is 0.273 e. The van der Waals surface area contributed by atoms with Crippen LogP contribution < -0.4 is 10.7 Å². The molecular formula is C20H22ClN3O3. The van der Waals surface area contributed by atoms with Crippen molar-refractivity contribution >= 4 is 34.8 Å². The Balaban J connectivity index is 1.91. The minimum atomic E-state index is -0.772. The highest BCUT2D eigenvalue weighted by Crippen LogP contribution is 2.20. The lowest BCUT2D eigenvalue weighted by Crippen LogP contribution is -2.28. The molecule has 0 spiro atoms. The van der Waals surface area contributed by atoms with Gasteiger partial charge in [0.1, 0.15) is 0 Å². The number of rotatable bonds is 7. The van der Waals surface area contributed by atoms with Gasteiger partial charge in [-0.15, -0.1) is 0 Å². The molecule has 27 heavy (non-hydrogen) atoms. The number of benzene rings is 2. The molecule has 2 N–H and O–H groups in total. The van der Waals surface area contributed by atoms with Gasteiger partial charge in [0.05, 0.1) is 6.42 Å². The highest BCUT2D eigenvalue weighted by molar-refractivity contribution is 6.31. The maximum atomic E-state index is 12.3. The zero-order chi connectivity index (χ0) is 19.8. The summed E-state index contributed by atoms with van der Waals surface area (Å²) >= 11 is 6.05. The molecule has 0 aliphatic rings. The van der Waals surface area contributed by atoms with E-state index < -0.39 is 12.0 Å². The van der Waals surface area contributed by atoms with Gasteiger partial charge in [0.2, 0.25) is 5.91 Å². The van der Waals surface area contributed by atoms with Gasteiger partial charge < -0.3 is 10.1 Å². The molecule has 0 radical (unpaired) electrons. The highest BCUT2D eigenvalue weighted by Gasteiger charge is 2.19. The molecule has 6 nitrogen and oxygen atoms in total. The Kier molecular flexibility index (Phi) is 7.52. The van der Waals surface area contributed by atoms with Crippen LogP contribution in [0.1, 0.15) is 30.6 Å². The predicted octanol–water partition coefficient (Wildman–Crippen LogP) is 3.86. The van der Waals surface area contributed by atoms with Gasteiger partial charge in [0.15, 0.2) is 6.10 Å². The van der Waals surface area contributed by atoms with E-state index in [4.69, 9.17) is 16.3 Å². The molecule has 0 fully saturated rings. The van der Waals surface area contributed by atoms with Crippen molar-refractivity contribution in [2.24, 2.45) is 5.10 Å². The molecule has 0 saturated carbocycles. The number of nitrogens with zero attached hydrogens (tertiary/aromatic N) is 1. The Hall–Kier alpha value is -2.70. The quantitative estimate of drug-likeness (QED) is 0.559. The second kappa shape index (κ2) is 9.85. The van der Waals surface area contributed by atoms with E-state index in [0.29, 0.717) is 16.4 Å². The summed E-state index contributed by atoms with van der Waals surface area (Å²) < 4.78 is 5.24. The van der Waals surface area contributed by atoms with E-state index in [9.17, 15) is 9.59 Å². The number of hydrogen-bond donors (Lipinski definition) is 2. The van der Waals surface area contributed by atoms with Crippen molar-refractivity contribution in [3.8, 4) is 0 Å². The first-order valence-electron chi connectivity index (χ1n) is 8.37. The molecule has 2 amide bonds. The van der Waals surface area contributed by atoms with E-state index in [1.54, 1.807) is 31.2 Å². The van der Waals surface area contributed by atoms with E-state index in [1.165, 1.54) is 7.11 Å². The number of halogens is 1. The fourth-order valence-electron chi connectivity index (χ4n) is 2.38. The predicted molar refractivity (Wildman–Crippen MR) is 107 cm³/mol. The summed E-state index contributed by atoms with van der Waals surface area (Å²) in [6.45, 7) is 3.54. The largest absolute Gasteiger partial charge is 0.367 e. The maximum absolute atomic E-state index is 12.3. The number of carbonyl (C=O) groups is 2. The van der Waals surface area contributed by atoms with Gasteiger partial charge in [-0.2, -0.15) is 5.10 Å². The number of nitrogens with one attached hydrogen (secondary N) is 2. The summed E-state index contributed by atoms with van der Waals surface area (Å²) in [5.74, 6) is -0.662. The van der Waals surface area contributed by atoms with Crippen LogP contribution in [0, 0.1) is 6.92 Å². The lowest BCUT2D eigenvalue weighted by molar-refractivity contribution is -0.131. The minimum absolute atomic E-state index is 0.0365. The molecule has 7 heteroatoms. The van der Waals surface area contributed by atoms with Crippen LogP contribution in [0.15, 0.2) is 53.6 Å². The molecule has 0 unspecified atom stereocenters. The third-order valence-electron chi connectivity index (χ3n) is 3.81. The van der Waals surface area contributed by atoms with E-state index >= 15 is 0 Å². The molecule has 0 aliphatic heterocycles. The second-order valence-electron chi connectivity index (χ2n) is 6.04. The number of ether oxygens (including phenoxy) is 1. The van der Waals surface area contributed by atoms with Crippen LogP contribution >= 0.6 is 11.6 Å². The molecule has 142 valence electrons. The molecule has 0 heterocycles. The van der Waals surface area contributed by atoms with Crippen LogP contribution in [0.25, 0.3) is 0 Å². The third-order valence-corrected chi connectivity index (χ3v) is 4.21. The average Bonchev–Trinajstić information content (AvgIpc) is 2.64. The first-order valence-corrected chi connectivity index (χ1v) is 8.75. The van der Waals surface area contributed by atoms with Gasteiger partial charge in [-0.05, 0) is 37.1 Å². The zero-order valence-corrected chi connectivity index (χ0v) is 16.2. The Labute approximate surface area is 163 Å². The van der Waals surface area contributed by atoms with Crippen LogP contribution in [0.2, 0.25) is 5.02 Å². The number of aryl methyl sites for hydroxylation is 1. The number of methoxy groups -OCH3 is 1. The van der Waals surface area contributed by atoms with Gasteiger partial charge in [-0.1, -0.05) is 48.0 Å². The normalized spacial score (nSPS) is 12.4. The summed E-state index contributed by atoms with van der Waals surface area (Å²) in [4.78, 5) is 24.4. The molecule has 0 aliphatic carbocycles. The van der Waals surface area contributed by atoms with Gasteiger partial charge >= 0.3 is 0 Å². The van der Waals surface area contributed by atoms with E-state index in [0.717, 1.165) is 11.1 Å². The van der Waals surface area contributed by atoms with Gasteiger partial charge in [-0.3, -0.25) is 9.59 Å². The van der Waals surface area contributed by atoms with Gasteiger partial charge in [0, 0.05) is 23.5 Å². The second-order valence-corrected chi connectivity index (χ2v) is 6.45. The van der Waals surface area contributed by atoms with Crippen LogP contribution in [0.4, 0.5) is 5.69 Å². The number of anilines is 1. The minimum Gasteiger partial charge on any atom is -0.367 e. The summed E-state index contributed by atoms with van der Waals surface area (Å²) in [5, 5.41) is 7.31. The molecular weight excluding hydrogens is 366 g/mol. The smallest absolute Gasteiger partial charge is 0.273 e. The van der Waals surface area contributed by atoms with Crippen LogP contribution in [-0.4, -0.2) is 24.6 Å². The van der Waals surface area contributed by atoms with Crippen molar-refractivity contribution in [3.05, 3.63) is 64.7 Å².